The summed E-state index contributed by atoms with van der Waals surface area (Å²) in [5.41, 5.74) is 0.331. The molecule has 0 bridgehead atoms. The van der Waals surface area contributed by atoms with Gasteiger partial charge in [0.25, 0.3) is 0 Å². The molecule has 1 fully saturated rings. The Morgan fingerprint density at radius 1 is 1.62 bits per heavy atom. The van der Waals surface area contributed by atoms with Gasteiger partial charge in [0, 0.05) is 16.3 Å². The minimum atomic E-state index is -0.928. The van der Waals surface area contributed by atoms with Crippen LogP contribution in [-0.2, 0) is 4.79 Å². The topological polar surface area (TPSA) is 49.3 Å². The number of carboxylic acids is 1. The smallest absolute Gasteiger partial charge is 0.321 e. The number of thioether (sulfide) groups is 1. The van der Waals surface area contributed by atoms with E-state index in [0.717, 1.165) is 0 Å². The van der Waals surface area contributed by atoms with Gasteiger partial charge in [0.2, 0.25) is 0 Å². The summed E-state index contributed by atoms with van der Waals surface area (Å²) in [6.45, 7) is 0. The van der Waals surface area contributed by atoms with E-state index in [0.29, 0.717) is 16.3 Å². The highest BCUT2D eigenvalue weighted by Gasteiger charge is 2.32. The average Bonchev–Trinajstić information content (AvgIpc) is 2.66. The van der Waals surface area contributed by atoms with Gasteiger partial charge in [-0.15, -0.1) is 11.8 Å². The predicted octanol–water partition coefficient (Wildman–Crippen LogP) is 2.27. The summed E-state index contributed by atoms with van der Waals surface area (Å²) in [7, 11) is 0. The first-order chi connectivity index (χ1) is 7.59. The molecule has 1 aliphatic rings. The molecule has 2 N–H and O–H groups in total. The van der Waals surface area contributed by atoms with Crippen molar-refractivity contribution in [3.63, 3.8) is 0 Å². The van der Waals surface area contributed by atoms with Crippen LogP contribution in [0.2, 0.25) is 5.02 Å². The van der Waals surface area contributed by atoms with Gasteiger partial charge < -0.3 is 5.11 Å². The zero-order chi connectivity index (χ0) is 11.7. The van der Waals surface area contributed by atoms with Crippen molar-refractivity contribution < 1.29 is 14.3 Å². The summed E-state index contributed by atoms with van der Waals surface area (Å²) in [4.78, 5) is 10.7. The van der Waals surface area contributed by atoms with Gasteiger partial charge in [-0.3, -0.25) is 10.1 Å². The summed E-state index contributed by atoms with van der Waals surface area (Å²) < 4.78 is 13.5. The van der Waals surface area contributed by atoms with Gasteiger partial charge in [0.1, 0.15) is 11.9 Å². The summed E-state index contributed by atoms with van der Waals surface area (Å²) in [5.74, 6) is -0.934. The summed E-state index contributed by atoms with van der Waals surface area (Å²) in [5, 5.41) is 11.6. The van der Waals surface area contributed by atoms with E-state index >= 15 is 0 Å². The number of rotatable bonds is 2. The SMILES string of the molecule is O=C(O)[C@@H]1CS[C@H](c2c(F)cccc2Cl)N1. The quantitative estimate of drug-likeness (QED) is 0.858. The van der Waals surface area contributed by atoms with E-state index in [-0.39, 0.29) is 0 Å². The first-order valence-electron chi connectivity index (χ1n) is 4.64. The molecule has 1 saturated heterocycles. The Bertz CT molecular complexity index is 409. The minimum absolute atomic E-state index is 0.316. The largest absolute Gasteiger partial charge is 0.480 e. The van der Waals surface area contributed by atoms with Crippen LogP contribution in [-0.4, -0.2) is 22.9 Å². The predicted molar refractivity (Wildman–Crippen MR) is 61.2 cm³/mol. The van der Waals surface area contributed by atoms with Crippen LogP contribution in [0, 0.1) is 5.82 Å². The number of hydrogen-bond acceptors (Lipinski definition) is 3. The lowest BCUT2D eigenvalue weighted by Crippen LogP contribution is -2.33. The maximum absolute atomic E-state index is 13.5. The molecule has 0 saturated carbocycles. The van der Waals surface area contributed by atoms with Crippen molar-refractivity contribution >= 4 is 29.3 Å². The highest BCUT2D eigenvalue weighted by Crippen LogP contribution is 2.37. The van der Waals surface area contributed by atoms with Crippen LogP contribution in [0.5, 0.6) is 0 Å². The first kappa shape index (κ1) is 11.7. The first-order valence-corrected chi connectivity index (χ1v) is 6.06. The van der Waals surface area contributed by atoms with Gasteiger partial charge in [-0.05, 0) is 12.1 Å². The number of hydrogen-bond donors (Lipinski definition) is 2. The fourth-order valence-corrected chi connectivity index (χ4v) is 3.17. The zero-order valence-corrected chi connectivity index (χ0v) is 9.69. The Morgan fingerprint density at radius 2 is 2.38 bits per heavy atom. The Hall–Kier alpha value is -0.780. The van der Waals surface area contributed by atoms with Crippen molar-refractivity contribution in [2.75, 3.05) is 5.75 Å². The van der Waals surface area contributed by atoms with E-state index in [4.69, 9.17) is 16.7 Å². The Morgan fingerprint density at radius 3 is 2.94 bits per heavy atom. The van der Waals surface area contributed by atoms with Gasteiger partial charge in [0.15, 0.2) is 0 Å². The molecule has 0 amide bonds. The van der Waals surface area contributed by atoms with E-state index in [1.54, 1.807) is 6.07 Å². The van der Waals surface area contributed by atoms with Crippen LogP contribution in [0.15, 0.2) is 18.2 Å². The monoisotopic (exact) mass is 261 g/mol. The van der Waals surface area contributed by atoms with Crippen molar-refractivity contribution in [2.45, 2.75) is 11.4 Å². The third-order valence-electron chi connectivity index (χ3n) is 2.34. The molecule has 0 radical (unpaired) electrons. The number of carboxylic acid groups (broad SMARTS) is 1. The van der Waals surface area contributed by atoms with Gasteiger partial charge in [-0.25, -0.2) is 4.39 Å². The molecular formula is C10H9ClFNO2S. The van der Waals surface area contributed by atoms with Crippen LogP contribution >= 0.6 is 23.4 Å². The van der Waals surface area contributed by atoms with Crippen LogP contribution in [0.3, 0.4) is 0 Å². The molecular weight excluding hydrogens is 253 g/mol. The molecule has 86 valence electrons. The number of carbonyl (C=O) groups is 1. The van der Waals surface area contributed by atoms with Crippen LogP contribution < -0.4 is 5.32 Å². The molecule has 0 aliphatic carbocycles. The lowest BCUT2D eigenvalue weighted by Gasteiger charge is -2.13. The third kappa shape index (κ3) is 2.16. The number of nitrogens with one attached hydrogen (secondary N) is 1. The van der Waals surface area contributed by atoms with Crippen LogP contribution in [0.4, 0.5) is 4.39 Å². The lowest BCUT2D eigenvalue weighted by atomic mass is 10.2. The van der Waals surface area contributed by atoms with Crippen molar-refractivity contribution in [2.24, 2.45) is 0 Å². The molecule has 1 heterocycles. The molecule has 1 aromatic rings. The van der Waals surface area contributed by atoms with Gasteiger partial charge in [-0.2, -0.15) is 0 Å². The maximum atomic E-state index is 13.5. The van der Waals surface area contributed by atoms with Gasteiger partial charge in [0.05, 0.1) is 5.37 Å². The van der Waals surface area contributed by atoms with Crippen molar-refractivity contribution in [1.82, 2.24) is 5.32 Å². The van der Waals surface area contributed by atoms with E-state index in [1.165, 1.54) is 23.9 Å². The number of benzene rings is 1. The third-order valence-corrected chi connectivity index (χ3v) is 3.90. The second-order valence-corrected chi connectivity index (χ2v) is 4.95. The van der Waals surface area contributed by atoms with Crippen LogP contribution in [0.1, 0.15) is 10.9 Å². The molecule has 1 aliphatic heterocycles. The summed E-state index contributed by atoms with van der Waals surface area (Å²) >= 11 is 7.24. The second kappa shape index (κ2) is 4.61. The molecule has 1 aromatic carbocycles. The Labute approximate surface area is 101 Å². The fourth-order valence-electron chi connectivity index (χ4n) is 1.54. The highest BCUT2D eigenvalue weighted by molar-refractivity contribution is 7.99. The van der Waals surface area contributed by atoms with Crippen molar-refractivity contribution in [1.29, 1.82) is 0 Å². The number of halogens is 2. The normalized spacial score (nSPS) is 24.6. The zero-order valence-electron chi connectivity index (χ0n) is 8.11. The van der Waals surface area contributed by atoms with E-state index < -0.39 is 23.2 Å². The fraction of sp³-hybridized carbons (Fsp3) is 0.300. The minimum Gasteiger partial charge on any atom is -0.480 e. The Kier molecular flexibility index (Phi) is 3.37. The molecule has 3 nitrogen and oxygen atoms in total. The second-order valence-electron chi connectivity index (χ2n) is 3.41. The van der Waals surface area contributed by atoms with E-state index in [1.807, 2.05) is 0 Å². The molecule has 0 aromatic heterocycles. The average molecular weight is 262 g/mol. The van der Waals surface area contributed by atoms with Crippen molar-refractivity contribution in [3.05, 3.63) is 34.6 Å². The molecule has 0 unspecified atom stereocenters. The standard InChI is InChI=1S/C10H9ClFNO2S/c11-5-2-1-3-6(12)8(5)9-13-7(4-16-9)10(14)15/h1-3,7,9,13H,4H2,(H,14,15)/t7-,9+/m0/s1. The van der Waals surface area contributed by atoms with Crippen LogP contribution in [0.25, 0.3) is 0 Å². The van der Waals surface area contributed by atoms with E-state index in [9.17, 15) is 9.18 Å². The summed E-state index contributed by atoms with van der Waals surface area (Å²) in [6.07, 6.45) is 0. The van der Waals surface area contributed by atoms with Gasteiger partial charge in [-0.1, -0.05) is 17.7 Å². The Balaban J connectivity index is 2.24. The molecule has 16 heavy (non-hydrogen) atoms. The van der Waals surface area contributed by atoms with E-state index in [2.05, 4.69) is 5.32 Å². The molecule has 6 heteroatoms. The van der Waals surface area contributed by atoms with Gasteiger partial charge >= 0.3 is 5.97 Å². The highest BCUT2D eigenvalue weighted by atomic mass is 35.5. The maximum Gasteiger partial charge on any atom is 0.321 e. The molecule has 0 spiro atoms. The molecule has 2 atom stereocenters. The number of aliphatic carboxylic acids is 1. The molecule has 2 rings (SSSR count). The lowest BCUT2D eigenvalue weighted by molar-refractivity contribution is -0.138. The summed E-state index contributed by atoms with van der Waals surface area (Å²) in [6, 6.07) is 3.79. The van der Waals surface area contributed by atoms with Crippen molar-refractivity contribution in [3.8, 4) is 0 Å².